The van der Waals surface area contributed by atoms with Gasteiger partial charge in [0.25, 0.3) is 10.0 Å². The third kappa shape index (κ3) is 3.32. The topological polar surface area (TPSA) is 104 Å². The van der Waals surface area contributed by atoms with Crippen LogP contribution in [0.15, 0.2) is 41.3 Å². The van der Waals surface area contributed by atoms with Crippen molar-refractivity contribution in [3.8, 4) is 5.75 Å². The highest BCUT2D eigenvalue weighted by Gasteiger charge is 2.17. The molecule has 116 valence electrons. The highest BCUT2D eigenvalue weighted by molar-refractivity contribution is 7.92. The van der Waals surface area contributed by atoms with Gasteiger partial charge in [-0.1, -0.05) is 11.6 Å². The molecule has 8 heteroatoms. The van der Waals surface area contributed by atoms with Gasteiger partial charge in [0.15, 0.2) is 0 Å². The van der Waals surface area contributed by atoms with Crippen LogP contribution in [-0.4, -0.2) is 24.6 Å². The van der Waals surface area contributed by atoms with Crippen LogP contribution in [0.25, 0.3) is 0 Å². The number of aromatic hydroxyl groups is 1. The summed E-state index contributed by atoms with van der Waals surface area (Å²) in [6, 6.07) is 7.62. The van der Waals surface area contributed by atoms with Gasteiger partial charge in [-0.3, -0.25) is 4.72 Å². The summed E-state index contributed by atoms with van der Waals surface area (Å²) in [5.41, 5.74) is 0.233. The lowest BCUT2D eigenvalue weighted by Gasteiger charge is -2.10. The SMILES string of the molecule is Cc1cc(S(=O)(=O)Nc2ccc(O)c(C(=O)O)c2)ccc1Cl. The summed E-state index contributed by atoms with van der Waals surface area (Å²) in [6.45, 7) is 1.67. The minimum atomic E-state index is -3.89. The second kappa shape index (κ2) is 5.86. The van der Waals surface area contributed by atoms with E-state index in [1.165, 1.54) is 24.3 Å². The maximum atomic E-state index is 12.3. The number of anilines is 1. The van der Waals surface area contributed by atoms with Gasteiger partial charge in [-0.2, -0.15) is 0 Å². The molecular weight excluding hydrogens is 330 g/mol. The maximum Gasteiger partial charge on any atom is 0.339 e. The van der Waals surface area contributed by atoms with E-state index in [1.54, 1.807) is 6.92 Å². The van der Waals surface area contributed by atoms with Gasteiger partial charge in [0, 0.05) is 10.7 Å². The van der Waals surface area contributed by atoms with Gasteiger partial charge in [0.1, 0.15) is 11.3 Å². The van der Waals surface area contributed by atoms with Gasteiger partial charge in [-0.25, -0.2) is 13.2 Å². The van der Waals surface area contributed by atoms with E-state index in [9.17, 15) is 18.3 Å². The number of aromatic carboxylic acids is 1. The Labute approximate surface area is 132 Å². The lowest BCUT2D eigenvalue weighted by Crippen LogP contribution is -2.13. The normalized spacial score (nSPS) is 11.2. The number of benzene rings is 2. The first-order valence-corrected chi connectivity index (χ1v) is 7.92. The number of hydrogen-bond acceptors (Lipinski definition) is 4. The number of carbonyl (C=O) groups is 1. The molecule has 0 fully saturated rings. The molecule has 6 nitrogen and oxygen atoms in total. The first kappa shape index (κ1) is 16.1. The molecule has 0 saturated heterocycles. The van der Waals surface area contributed by atoms with Crippen LogP contribution in [0.1, 0.15) is 15.9 Å². The molecule has 0 aliphatic heterocycles. The molecule has 0 atom stereocenters. The molecule has 0 aromatic heterocycles. The minimum absolute atomic E-state index is 0.000602. The van der Waals surface area contributed by atoms with Crippen LogP contribution >= 0.6 is 11.6 Å². The Balaban J connectivity index is 2.38. The Kier molecular flexibility index (Phi) is 4.30. The van der Waals surface area contributed by atoms with E-state index < -0.39 is 27.3 Å². The van der Waals surface area contributed by atoms with E-state index in [0.29, 0.717) is 10.6 Å². The van der Waals surface area contributed by atoms with E-state index >= 15 is 0 Å². The summed E-state index contributed by atoms with van der Waals surface area (Å²) >= 11 is 5.86. The predicted molar refractivity (Wildman–Crippen MR) is 82.1 cm³/mol. The number of nitrogens with one attached hydrogen (secondary N) is 1. The number of carboxylic acid groups (broad SMARTS) is 1. The molecule has 22 heavy (non-hydrogen) atoms. The van der Waals surface area contributed by atoms with Crippen molar-refractivity contribution in [1.82, 2.24) is 0 Å². The molecule has 0 saturated carbocycles. The molecular formula is C14H12ClNO5S. The van der Waals surface area contributed by atoms with Crippen LogP contribution in [0.2, 0.25) is 5.02 Å². The number of aryl methyl sites for hydroxylation is 1. The van der Waals surface area contributed by atoms with E-state index in [0.717, 1.165) is 12.1 Å². The third-order valence-corrected chi connectivity index (χ3v) is 4.72. The van der Waals surface area contributed by atoms with Crippen molar-refractivity contribution in [1.29, 1.82) is 0 Å². The highest BCUT2D eigenvalue weighted by atomic mass is 35.5. The molecule has 0 unspecified atom stereocenters. The zero-order valence-electron chi connectivity index (χ0n) is 11.4. The van der Waals surface area contributed by atoms with Gasteiger partial charge in [0.05, 0.1) is 4.90 Å². The molecule has 0 bridgehead atoms. The van der Waals surface area contributed by atoms with Crippen LogP contribution in [0, 0.1) is 6.92 Å². The van der Waals surface area contributed by atoms with Gasteiger partial charge in [-0.15, -0.1) is 0 Å². The fraction of sp³-hybridized carbons (Fsp3) is 0.0714. The van der Waals surface area contributed by atoms with Gasteiger partial charge in [-0.05, 0) is 48.9 Å². The van der Waals surface area contributed by atoms with Crippen LogP contribution < -0.4 is 4.72 Å². The molecule has 0 amide bonds. The van der Waals surface area contributed by atoms with Crippen LogP contribution in [0.3, 0.4) is 0 Å². The smallest absolute Gasteiger partial charge is 0.339 e. The Morgan fingerprint density at radius 1 is 1.18 bits per heavy atom. The first-order valence-electron chi connectivity index (χ1n) is 6.06. The Bertz CT molecular complexity index is 848. The quantitative estimate of drug-likeness (QED) is 0.742. The van der Waals surface area contributed by atoms with Gasteiger partial charge < -0.3 is 10.2 Å². The molecule has 3 N–H and O–H groups in total. The van der Waals surface area contributed by atoms with Crippen LogP contribution in [-0.2, 0) is 10.0 Å². The van der Waals surface area contributed by atoms with Crippen molar-refractivity contribution in [2.75, 3.05) is 4.72 Å². The monoisotopic (exact) mass is 341 g/mol. The average molecular weight is 342 g/mol. The summed E-state index contributed by atoms with van der Waals surface area (Å²) in [6.07, 6.45) is 0. The van der Waals surface area contributed by atoms with E-state index in [1.807, 2.05) is 0 Å². The van der Waals surface area contributed by atoms with Gasteiger partial charge in [0.2, 0.25) is 0 Å². The summed E-state index contributed by atoms with van der Waals surface area (Å²) in [5.74, 6) is -1.81. The van der Waals surface area contributed by atoms with Crippen molar-refractivity contribution in [2.24, 2.45) is 0 Å². The molecule has 0 radical (unpaired) electrons. The second-order valence-electron chi connectivity index (χ2n) is 4.55. The highest BCUT2D eigenvalue weighted by Crippen LogP contribution is 2.25. The number of halogens is 1. The Morgan fingerprint density at radius 3 is 2.45 bits per heavy atom. The van der Waals surface area contributed by atoms with Gasteiger partial charge >= 0.3 is 5.97 Å². The minimum Gasteiger partial charge on any atom is -0.507 e. The molecule has 0 heterocycles. The number of carboxylic acids is 1. The zero-order chi connectivity index (χ0) is 16.5. The van der Waals surface area contributed by atoms with E-state index in [2.05, 4.69) is 4.72 Å². The van der Waals surface area contributed by atoms with Crippen LogP contribution in [0.5, 0.6) is 5.75 Å². The molecule has 2 aromatic carbocycles. The lowest BCUT2D eigenvalue weighted by molar-refractivity contribution is 0.0694. The predicted octanol–water partition coefficient (Wildman–Crippen LogP) is 2.85. The largest absolute Gasteiger partial charge is 0.507 e. The molecule has 2 aromatic rings. The fourth-order valence-electron chi connectivity index (χ4n) is 1.77. The lowest BCUT2D eigenvalue weighted by atomic mass is 10.2. The van der Waals surface area contributed by atoms with Crippen molar-refractivity contribution in [3.05, 3.63) is 52.5 Å². The summed E-state index contributed by atoms with van der Waals surface area (Å²) < 4.78 is 26.8. The average Bonchev–Trinajstić information content (AvgIpc) is 2.43. The standard InChI is InChI=1S/C14H12ClNO5S/c1-8-6-10(3-4-12(8)15)22(20,21)16-9-2-5-13(17)11(7-9)14(18)19/h2-7,16-17H,1H3,(H,18,19). The Hall–Kier alpha value is -2.25. The summed E-state index contributed by atoms with van der Waals surface area (Å²) in [7, 11) is -3.89. The number of phenols is 1. The van der Waals surface area contributed by atoms with Crippen molar-refractivity contribution in [2.45, 2.75) is 11.8 Å². The summed E-state index contributed by atoms with van der Waals surface area (Å²) in [4.78, 5) is 10.9. The molecule has 0 spiro atoms. The van der Waals surface area contributed by atoms with E-state index in [-0.39, 0.29) is 10.6 Å². The van der Waals surface area contributed by atoms with E-state index in [4.69, 9.17) is 16.7 Å². The molecule has 2 rings (SSSR count). The second-order valence-corrected chi connectivity index (χ2v) is 6.64. The van der Waals surface area contributed by atoms with Crippen molar-refractivity contribution >= 4 is 33.3 Å². The molecule has 0 aliphatic rings. The number of rotatable bonds is 4. The number of sulfonamides is 1. The van der Waals surface area contributed by atoms with Crippen LogP contribution in [0.4, 0.5) is 5.69 Å². The number of hydrogen-bond donors (Lipinski definition) is 3. The molecule has 0 aliphatic carbocycles. The fourth-order valence-corrected chi connectivity index (χ4v) is 3.02. The zero-order valence-corrected chi connectivity index (χ0v) is 12.9. The summed E-state index contributed by atoms with van der Waals surface area (Å²) in [5, 5.41) is 18.8. The Morgan fingerprint density at radius 2 is 1.86 bits per heavy atom. The third-order valence-electron chi connectivity index (χ3n) is 2.92. The van der Waals surface area contributed by atoms with Crippen molar-refractivity contribution in [3.63, 3.8) is 0 Å². The maximum absolute atomic E-state index is 12.3. The first-order chi connectivity index (χ1) is 10.2. The van der Waals surface area contributed by atoms with Crippen molar-refractivity contribution < 1.29 is 23.4 Å².